The van der Waals surface area contributed by atoms with Gasteiger partial charge in [-0.3, -0.25) is 9.79 Å². The van der Waals surface area contributed by atoms with E-state index in [2.05, 4.69) is 39.6 Å². The third-order valence-electron chi connectivity index (χ3n) is 6.14. The minimum atomic E-state index is 0.0695. The highest BCUT2D eigenvalue weighted by atomic mass is 16.5. The van der Waals surface area contributed by atoms with Gasteiger partial charge in [-0.25, -0.2) is 0 Å². The molecule has 2 atom stereocenters. The molecule has 1 aromatic carbocycles. The van der Waals surface area contributed by atoms with E-state index in [1.807, 2.05) is 19.2 Å². The zero-order valence-electron chi connectivity index (χ0n) is 16.9. The van der Waals surface area contributed by atoms with E-state index in [4.69, 9.17) is 4.74 Å². The number of nitrogens with one attached hydrogen (secondary N) is 2. The summed E-state index contributed by atoms with van der Waals surface area (Å²) in [6.07, 6.45) is 3.76. The van der Waals surface area contributed by atoms with Crippen LogP contribution in [0.4, 0.5) is 0 Å². The summed E-state index contributed by atoms with van der Waals surface area (Å²) in [7, 11) is 5.29. The molecular weight excluding hydrogens is 340 g/mol. The topological polar surface area (TPSA) is 66.0 Å². The van der Waals surface area contributed by atoms with Crippen LogP contribution in [0.25, 0.3) is 0 Å². The van der Waals surface area contributed by atoms with Crippen LogP contribution in [0, 0.1) is 5.92 Å². The predicted molar refractivity (Wildman–Crippen MR) is 108 cm³/mol. The molecule has 1 saturated heterocycles. The Balaban J connectivity index is 1.57. The fourth-order valence-electron chi connectivity index (χ4n) is 4.16. The van der Waals surface area contributed by atoms with E-state index in [1.54, 1.807) is 14.2 Å². The first kappa shape index (κ1) is 19.5. The van der Waals surface area contributed by atoms with Crippen LogP contribution in [0.2, 0.25) is 0 Å². The van der Waals surface area contributed by atoms with Gasteiger partial charge in [0, 0.05) is 50.6 Å². The molecule has 2 unspecified atom stereocenters. The first-order valence-corrected chi connectivity index (χ1v) is 9.84. The Kier molecular flexibility index (Phi) is 5.92. The number of hydrogen-bond donors (Lipinski definition) is 2. The molecule has 2 fully saturated rings. The van der Waals surface area contributed by atoms with E-state index in [-0.39, 0.29) is 11.3 Å². The lowest BCUT2D eigenvalue weighted by Gasteiger charge is -2.34. The maximum absolute atomic E-state index is 11.6. The van der Waals surface area contributed by atoms with E-state index >= 15 is 0 Å². The Labute approximate surface area is 162 Å². The number of guanidine groups is 1. The number of nitrogens with zero attached hydrogens (tertiary/aromatic N) is 2. The molecular formula is C21H32N4O2. The molecule has 1 heterocycles. The van der Waals surface area contributed by atoms with Crippen LogP contribution < -0.4 is 15.4 Å². The normalized spacial score (nSPS) is 25.9. The molecule has 27 heavy (non-hydrogen) atoms. The predicted octanol–water partition coefficient (Wildman–Crippen LogP) is 2.15. The molecule has 3 rings (SSSR count). The number of para-hydroxylation sites is 1. The SMILES string of the molecule is CN=C(NC1CC1(C)c1ccccc1OC)N1CCC(CC(=O)NC)CC1. The van der Waals surface area contributed by atoms with Crippen molar-refractivity contribution >= 4 is 11.9 Å². The number of ether oxygens (including phenoxy) is 1. The van der Waals surface area contributed by atoms with Crippen molar-refractivity contribution in [3.63, 3.8) is 0 Å². The Morgan fingerprint density at radius 3 is 2.67 bits per heavy atom. The lowest BCUT2D eigenvalue weighted by atomic mass is 9.93. The van der Waals surface area contributed by atoms with Gasteiger partial charge in [-0.1, -0.05) is 25.1 Å². The van der Waals surface area contributed by atoms with Gasteiger partial charge in [0.25, 0.3) is 0 Å². The fraction of sp³-hybridized carbons (Fsp3) is 0.619. The molecule has 1 aromatic rings. The van der Waals surface area contributed by atoms with Gasteiger partial charge >= 0.3 is 0 Å². The number of amides is 1. The highest BCUT2D eigenvalue weighted by Crippen LogP contribution is 2.51. The number of hydrogen-bond acceptors (Lipinski definition) is 3. The van der Waals surface area contributed by atoms with Crippen LogP contribution >= 0.6 is 0 Å². The fourth-order valence-corrected chi connectivity index (χ4v) is 4.16. The quantitative estimate of drug-likeness (QED) is 0.614. The van der Waals surface area contributed by atoms with Crippen LogP contribution in [0.3, 0.4) is 0 Å². The van der Waals surface area contributed by atoms with E-state index in [0.29, 0.717) is 18.4 Å². The first-order valence-electron chi connectivity index (χ1n) is 9.84. The number of carbonyl (C=O) groups is 1. The molecule has 6 nitrogen and oxygen atoms in total. The molecule has 1 saturated carbocycles. The van der Waals surface area contributed by atoms with Gasteiger partial charge in [0.15, 0.2) is 5.96 Å². The molecule has 2 aliphatic rings. The second-order valence-electron chi connectivity index (χ2n) is 7.87. The van der Waals surface area contributed by atoms with Gasteiger partial charge in [0.05, 0.1) is 7.11 Å². The van der Waals surface area contributed by atoms with Crippen molar-refractivity contribution in [2.45, 2.75) is 44.1 Å². The van der Waals surface area contributed by atoms with Gasteiger partial charge in [-0.2, -0.15) is 0 Å². The average molecular weight is 373 g/mol. The van der Waals surface area contributed by atoms with Gasteiger partial charge in [-0.15, -0.1) is 0 Å². The van der Waals surface area contributed by atoms with Crippen molar-refractivity contribution in [1.82, 2.24) is 15.5 Å². The Hall–Kier alpha value is -2.24. The maximum Gasteiger partial charge on any atom is 0.220 e. The number of methoxy groups -OCH3 is 1. The van der Waals surface area contributed by atoms with Crippen molar-refractivity contribution in [2.75, 3.05) is 34.3 Å². The summed E-state index contributed by atoms with van der Waals surface area (Å²) in [5, 5.41) is 6.39. The minimum Gasteiger partial charge on any atom is -0.496 e. The standard InChI is InChI=1S/C21H32N4O2/c1-21(16-7-5-6-8-17(16)27-4)14-18(21)24-20(23-3)25-11-9-15(10-12-25)13-19(26)22-2/h5-8,15,18H,9-14H2,1-4H3,(H,22,26)(H,23,24). The monoisotopic (exact) mass is 372 g/mol. The smallest absolute Gasteiger partial charge is 0.220 e. The van der Waals surface area contributed by atoms with Crippen LogP contribution in [-0.4, -0.2) is 57.1 Å². The Bertz CT molecular complexity index is 697. The van der Waals surface area contributed by atoms with Gasteiger partial charge in [0.2, 0.25) is 5.91 Å². The number of aliphatic imine (C=N–C) groups is 1. The Morgan fingerprint density at radius 1 is 1.33 bits per heavy atom. The summed E-state index contributed by atoms with van der Waals surface area (Å²) in [6.45, 7) is 4.17. The van der Waals surface area contributed by atoms with E-state index in [1.165, 1.54) is 5.56 Å². The number of rotatable bonds is 5. The molecule has 0 bridgehead atoms. The number of likely N-dealkylation sites (tertiary alicyclic amines) is 1. The lowest BCUT2D eigenvalue weighted by molar-refractivity contribution is -0.121. The van der Waals surface area contributed by atoms with E-state index in [0.717, 1.165) is 44.1 Å². The summed E-state index contributed by atoms with van der Waals surface area (Å²) < 4.78 is 5.56. The van der Waals surface area contributed by atoms with Crippen molar-refractivity contribution in [2.24, 2.45) is 10.9 Å². The summed E-state index contributed by atoms with van der Waals surface area (Å²) in [6, 6.07) is 8.63. The van der Waals surface area contributed by atoms with Crippen LogP contribution in [-0.2, 0) is 10.2 Å². The molecule has 2 N–H and O–H groups in total. The van der Waals surface area contributed by atoms with Crippen LogP contribution in [0.1, 0.15) is 38.2 Å². The molecule has 1 aliphatic heterocycles. The minimum absolute atomic E-state index is 0.0695. The van der Waals surface area contributed by atoms with Crippen molar-refractivity contribution < 1.29 is 9.53 Å². The third-order valence-corrected chi connectivity index (χ3v) is 6.14. The zero-order valence-corrected chi connectivity index (χ0v) is 16.9. The zero-order chi connectivity index (χ0) is 19.4. The average Bonchev–Trinajstić information content (AvgIpc) is 3.37. The van der Waals surface area contributed by atoms with Gasteiger partial charge < -0.3 is 20.3 Å². The van der Waals surface area contributed by atoms with Crippen molar-refractivity contribution in [1.29, 1.82) is 0 Å². The molecule has 6 heteroatoms. The third kappa shape index (κ3) is 4.20. The molecule has 0 spiro atoms. The van der Waals surface area contributed by atoms with Crippen LogP contribution in [0.5, 0.6) is 5.75 Å². The molecule has 0 aromatic heterocycles. The second-order valence-corrected chi connectivity index (χ2v) is 7.87. The van der Waals surface area contributed by atoms with Crippen molar-refractivity contribution in [3.8, 4) is 5.75 Å². The van der Waals surface area contributed by atoms with E-state index < -0.39 is 0 Å². The molecule has 1 aliphatic carbocycles. The summed E-state index contributed by atoms with van der Waals surface area (Å²) in [5.41, 5.74) is 1.32. The second kappa shape index (κ2) is 8.19. The van der Waals surface area contributed by atoms with Crippen LogP contribution in [0.15, 0.2) is 29.3 Å². The molecule has 0 radical (unpaired) electrons. The number of carbonyl (C=O) groups excluding carboxylic acids is 1. The van der Waals surface area contributed by atoms with Crippen molar-refractivity contribution in [3.05, 3.63) is 29.8 Å². The van der Waals surface area contributed by atoms with E-state index in [9.17, 15) is 4.79 Å². The largest absolute Gasteiger partial charge is 0.496 e. The summed E-state index contributed by atoms with van der Waals surface area (Å²) >= 11 is 0. The van der Waals surface area contributed by atoms with Gasteiger partial charge in [-0.05, 0) is 31.2 Å². The highest BCUT2D eigenvalue weighted by Gasteiger charge is 2.53. The molecule has 148 valence electrons. The highest BCUT2D eigenvalue weighted by molar-refractivity contribution is 5.81. The Morgan fingerprint density at radius 2 is 2.04 bits per heavy atom. The number of benzene rings is 1. The first-order chi connectivity index (χ1) is 13.0. The summed E-state index contributed by atoms with van der Waals surface area (Å²) in [5.74, 6) is 2.53. The maximum atomic E-state index is 11.6. The summed E-state index contributed by atoms with van der Waals surface area (Å²) in [4.78, 5) is 18.4. The number of piperidine rings is 1. The lowest BCUT2D eigenvalue weighted by Crippen LogP contribution is -2.47. The van der Waals surface area contributed by atoms with Gasteiger partial charge in [0.1, 0.15) is 5.75 Å². The molecule has 1 amide bonds.